The molecule has 1 heterocycles. The molecule has 4 heteroatoms. The van der Waals surface area contributed by atoms with E-state index in [4.69, 9.17) is 5.73 Å². The van der Waals surface area contributed by atoms with Crippen LogP contribution in [0.5, 0.6) is 0 Å². The lowest BCUT2D eigenvalue weighted by Gasteiger charge is -2.33. The summed E-state index contributed by atoms with van der Waals surface area (Å²) in [5, 5.41) is 0. The van der Waals surface area contributed by atoms with Crippen molar-refractivity contribution >= 4 is 21.8 Å². The number of piperidine rings is 1. The number of benzene rings is 1. The molecule has 1 fully saturated rings. The first-order valence-electron chi connectivity index (χ1n) is 7.39. The molecule has 0 spiro atoms. The van der Waals surface area contributed by atoms with Gasteiger partial charge in [0.1, 0.15) is 0 Å². The van der Waals surface area contributed by atoms with E-state index in [-0.39, 0.29) is 17.9 Å². The second kappa shape index (κ2) is 7.23. The summed E-state index contributed by atoms with van der Waals surface area (Å²) in [7, 11) is 0. The Balaban J connectivity index is 2.02. The molecule has 0 aliphatic carbocycles. The van der Waals surface area contributed by atoms with Gasteiger partial charge < -0.3 is 10.6 Å². The molecule has 3 nitrogen and oxygen atoms in total. The molecule has 0 saturated carbocycles. The summed E-state index contributed by atoms with van der Waals surface area (Å²) in [6, 6.07) is 8.36. The van der Waals surface area contributed by atoms with Gasteiger partial charge in [0.2, 0.25) is 5.91 Å². The maximum atomic E-state index is 12.6. The Bertz CT molecular complexity index is 464. The minimum Gasteiger partial charge on any atom is -0.341 e. The third-order valence-corrected chi connectivity index (χ3v) is 4.48. The molecule has 1 aromatic rings. The van der Waals surface area contributed by atoms with Crippen molar-refractivity contribution in [3.63, 3.8) is 0 Å². The molecule has 110 valence electrons. The Morgan fingerprint density at radius 3 is 3.00 bits per heavy atom. The van der Waals surface area contributed by atoms with Crippen LogP contribution in [0.1, 0.15) is 31.7 Å². The molecule has 2 rings (SSSR count). The average Bonchev–Trinajstić information content (AvgIpc) is 2.44. The lowest BCUT2D eigenvalue weighted by atomic mass is 9.94. The number of carbonyl (C=O) groups excluding carboxylic acids is 1. The van der Waals surface area contributed by atoms with Crippen LogP contribution in [-0.2, 0) is 11.2 Å². The molecule has 1 aromatic carbocycles. The first kappa shape index (κ1) is 15.5. The van der Waals surface area contributed by atoms with Crippen LogP contribution < -0.4 is 5.73 Å². The number of amides is 1. The summed E-state index contributed by atoms with van der Waals surface area (Å²) in [5.74, 6) is 0.331. The highest BCUT2D eigenvalue weighted by Crippen LogP contribution is 2.20. The zero-order valence-corrected chi connectivity index (χ0v) is 13.6. The highest BCUT2D eigenvalue weighted by Gasteiger charge is 2.26. The first-order chi connectivity index (χ1) is 9.60. The van der Waals surface area contributed by atoms with E-state index >= 15 is 0 Å². The molecule has 2 unspecified atom stereocenters. The van der Waals surface area contributed by atoms with Crippen molar-refractivity contribution in [2.24, 2.45) is 11.7 Å². The summed E-state index contributed by atoms with van der Waals surface area (Å²) < 4.78 is 1.07. The number of nitrogens with zero attached hydrogens (tertiary/aromatic N) is 1. The van der Waals surface area contributed by atoms with Crippen LogP contribution in [0.2, 0.25) is 0 Å². The number of nitrogens with two attached hydrogens (primary N) is 1. The van der Waals surface area contributed by atoms with Crippen LogP contribution in [-0.4, -0.2) is 29.9 Å². The number of likely N-dealkylation sites (tertiary alicyclic amines) is 1. The van der Waals surface area contributed by atoms with E-state index < -0.39 is 0 Å². The van der Waals surface area contributed by atoms with Gasteiger partial charge in [-0.2, -0.15) is 0 Å². The Hall–Kier alpha value is -0.870. The fourth-order valence-electron chi connectivity index (χ4n) is 2.82. The SMILES string of the molecule is CCC(Cc1cccc(Br)c1)C(=O)N1CCCC(N)C1. The van der Waals surface area contributed by atoms with Crippen molar-refractivity contribution in [2.45, 2.75) is 38.6 Å². The summed E-state index contributed by atoms with van der Waals surface area (Å²) in [4.78, 5) is 14.6. The molecule has 1 saturated heterocycles. The largest absolute Gasteiger partial charge is 0.341 e. The molecular weight excluding hydrogens is 316 g/mol. The molecule has 0 bridgehead atoms. The van der Waals surface area contributed by atoms with E-state index in [0.29, 0.717) is 6.54 Å². The fraction of sp³-hybridized carbons (Fsp3) is 0.562. The van der Waals surface area contributed by atoms with E-state index in [1.54, 1.807) is 0 Å². The van der Waals surface area contributed by atoms with Crippen LogP contribution in [0.3, 0.4) is 0 Å². The van der Waals surface area contributed by atoms with Gasteiger partial charge in [0.05, 0.1) is 0 Å². The lowest BCUT2D eigenvalue weighted by Crippen LogP contribution is -2.48. The number of hydrogen-bond donors (Lipinski definition) is 1. The van der Waals surface area contributed by atoms with Crippen LogP contribution in [0.25, 0.3) is 0 Å². The number of rotatable bonds is 4. The third kappa shape index (κ3) is 4.06. The van der Waals surface area contributed by atoms with Crippen LogP contribution >= 0.6 is 15.9 Å². The number of carbonyl (C=O) groups is 1. The van der Waals surface area contributed by atoms with Crippen LogP contribution in [0.15, 0.2) is 28.7 Å². The maximum absolute atomic E-state index is 12.6. The highest BCUT2D eigenvalue weighted by atomic mass is 79.9. The molecule has 20 heavy (non-hydrogen) atoms. The molecule has 1 aliphatic heterocycles. The van der Waals surface area contributed by atoms with E-state index in [1.807, 2.05) is 17.0 Å². The Morgan fingerprint density at radius 1 is 1.55 bits per heavy atom. The van der Waals surface area contributed by atoms with Crippen molar-refractivity contribution in [3.05, 3.63) is 34.3 Å². The van der Waals surface area contributed by atoms with Gasteiger partial charge in [0, 0.05) is 29.5 Å². The highest BCUT2D eigenvalue weighted by molar-refractivity contribution is 9.10. The van der Waals surface area contributed by atoms with Gasteiger partial charge in [-0.25, -0.2) is 0 Å². The molecule has 2 atom stereocenters. The lowest BCUT2D eigenvalue weighted by molar-refractivity contribution is -0.136. The van der Waals surface area contributed by atoms with Gasteiger partial charge in [0.25, 0.3) is 0 Å². The van der Waals surface area contributed by atoms with Gasteiger partial charge in [-0.05, 0) is 43.4 Å². The Labute approximate surface area is 129 Å². The van der Waals surface area contributed by atoms with E-state index in [9.17, 15) is 4.79 Å². The standard InChI is InChI=1S/C16H23BrN2O/c1-2-13(9-12-5-3-6-14(17)10-12)16(20)19-8-4-7-15(18)11-19/h3,5-6,10,13,15H,2,4,7-9,11,18H2,1H3. The zero-order chi connectivity index (χ0) is 14.5. The second-order valence-corrected chi connectivity index (χ2v) is 6.54. The zero-order valence-electron chi connectivity index (χ0n) is 12.0. The average molecular weight is 339 g/mol. The van der Waals surface area contributed by atoms with Crippen LogP contribution in [0.4, 0.5) is 0 Å². The normalized spacial score (nSPS) is 20.8. The summed E-state index contributed by atoms with van der Waals surface area (Å²) in [6.07, 6.45) is 3.74. The van der Waals surface area contributed by atoms with Crippen LogP contribution in [0, 0.1) is 5.92 Å². The molecular formula is C16H23BrN2O. The van der Waals surface area contributed by atoms with E-state index in [2.05, 4.69) is 35.0 Å². The predicted molar refractivity (Wildman–Crippen MR) is 85.4 cm³/mol. The van der Waals surface area contributed by atoms with Gasteiger partial charge >= 0.3 is 0 Å². The molecule has 1 amide bonds. The topological polar surface area (TPSA) is 46.3 Å². The minimum atomic E-state index is 0.0644. The molecule has 0 aromatic heterocycles. The van der Waals surface area contributed by atoms with Crippen molar-refractivity contribution < 1.29 is 4.79 Å². The first-order valence-corrected chi connectivity index (χ1v) is 8.18. The third-order valence-electron chi connectivity index (χ3n) is 3.98. The summed E-state index contributed by atoms with van der Waals surface area (Å²) in [6.45, 7) is 3.67. The summed E-state index contributed by atoms with van der Waals surface area (Å²) in [5.41, 5.74) is 7.19. The molecule has 2 N–H and O–H groups in total. The van der Waals surface area contributed by atoms with E-state index in [0.717, 1.165) is 36.7 Å². The second-order valence-electron chi connectivity index (χ2n) is 5.63. The summed E-state index contributed by atoms with van der Waals surface area (Å²) >= 11 is 3.48. The van der Waals surface area contributed by atoms with Gasteiger partial charge in [-0.3, -0.25) is 4.79 Å². The van der Waals surface area contributed by atoms with E-state index in [1.165, 1.54) is 5.56 Å². The van der Waals surface area contributed by atoms with Crippen molar-refractivity contribution in [1.29, 1.82) is 0 Å². The van der Waals surface area contributed by atoms with Gasteiger partial charge in [-0.15, -0.1) is 0 Å². The number of halogens is 1. The predicted octanol–water partition coefficient (Wildman–Crippen LogP) is 2.97. The monoisotopic (exact) mass is 338 g/mol. The van der Waals surface area contributed by atoms with Crippen molar-refractivity contribution in [2.75, 3.05) is 13.1 Å². The minimum absolute atomic E-state index is 0.0644. The quantitative estimate of drug-likeness (QED) is 0.917. The van der Waals surface area contributed by atoms with Crippen molar-refractivity contribution in [1.82, 2.24) is 4.90 Å². The molecule has 1 aliphatic rings. The molecule has 0 radical (unpaired) electrons. The van der Waals surface area contributed by atoms with Crippen molar-refractivity contribution in [3.8, 4) is 0 Å². The Morgan fingerprint density at radius 2 is 2.35 bits per heavy atom. The smallest absolute Gasteiger partial charge is 0.226 e. The number of hydrogen-bond acceptors (Lipinski definition) is 2. The van der Waals surface area contributed by atoms with Gasteiger partial charge in [0.15, 0.2) is 0 Å². The maximum Gasteiger partial charge on any atom is 0.226 e. The van der Waals surface area contributed by atoms with Gasteiger partial charge in [-0.1, -0.05) is 35.0 Å². The fourth-order valence-corrected chi connectivity index (χ4v) is 3.27. The Kier molecular flexibility index (Phi) is 5.61.